The number of aromatic nitrogens is 2. The maximum atomic E-state index is 13.2. The van der Waals surface area contributed by atoms with Gasteiger partial charge >= 0.3 is 0 Å². The fraction of sp³-hybridized carbons (Fsp3) is 0.840. The number of rotatable bonds is 5. The highest BCUT2D eigenvalue weighted by molar-refractivity contribution is 5.82. The molecule has 0 aromatic carbocycles. The average molecular weight is 415 g/mol. The molecule has 4 saturated carbocycles. The molecular formula is C25H38N2O3. The molecule has 1 aromatic rings. The van der Waals surface area contributed by atoms with E-state index in [1.165, 1.54) is 32.1 Å². The molecule has 0 spiro atoms. The first-order valence-corrected chi connectivity index (χ1v) is 12.1. The lowest BCUT2D eigenvalue weighted by atomic mass is 9.49. The van der Waals surface area contributed by atoms with Gasteiger partial charge in [0.25, 0.3) is 0 Å². The molecular weight excluding hydrogens is 376 g/mol. The van der Waals surface area contributed by atoms with Crippen molar-refractivity contribution in [3.8, 4) is 0 Å². The number of aliphatic hydroxyl groups is 1. The Kier molecular flexibility index (Phi) is 5.34. The Morgan fingerprint density at radius 2 is 1.97 bits per heavy atom. The van der Waals surface area contributed by atoms with Crippen LogP contribution in [0.1, 0.15) is 64.7 Å². The van der Waals surface area contributed by atoms with Crippen molar-refractivity contribution in [1.29, 1.82) is 0 Å². The van der Waals surface area contributed by atoms with Crippen LogP contribution in [0.25, 0.3) is 0 Å². The van der Waals surface area contributed by atoms with Crippen LogP contribution in [0.5, 0.6) is 0 Å². The van der Waals surface area contributed by atoms with Crippen LogP contribution in [0.3, 0.4) is 0 Å². The first-order chi connectivity index (χ1) is 14.4. The van der Waals surface area contributed by atoms with Gasteiger partial charge in [-0.05, 0) is 98.9 Å². The van der Waals surface area contributed by atoms with Gasteiger partial charge in [-0.2, -0.15) is 5.10 Å². The number of fused-ring (bicyclic) bond motifs is 5. The quantitative estimate of drug-likeness (QED) is 0.788. The van der Waals surface area contributed by atoms with Crippen molar-refractivity contribution in [3.05, 3.63) is 18.5 Å². The van der Waals surface area contributed by atoms with Gasteiger partial charge in [0.2, 0.25) is 0 Å². The maximum absolute atomic E-state index is 13.2. The lowest BCUT2D eigenvalue weighted by Gasteiger charge is -2.57. The fourth-order valence-electron chi connectivity index (χ4n) is 8.56. The lowest BCUT2D eigenvalue weighted by Crippen LogP contribution is -2.52. The summed E-state index contributed by atoms with van der Waals surface area (Å²) in [5.74, 6) is 4.28. The van der Waals surface area contributed by atoms with E-state index in [1.54, 1.807) is 18.0 Å². The Hall–Kier alpha value is -1.20. The standard InChI is InChI=1S/C25H38N2O3/c1-24-10-8-19-18-9-11-25(29,16-30-2)14-17(18)4-5-20(19)21(24)6-7-22(24)23(28)15-27-13-3-12-26-27/h3,12-13,17-22,29H,4-11,14-16H2,1-2H3/t17-,18-,19+,20+,21-,22+,24-,25+/m0/s1. The monoisotopic (exact) mass is 414 g/mol. The average Bonchev–Trinajstić information content (AvgIpc) is 3.34. The zero-order chi connectivity index (χ0) is 20.9. The van der Waals surface area contributed by atoms with Crippen molar-refractivity contribution in [2.45, 2.75) is 76.9 Å². The molecule has 30 heavy (non-hydrogen) atoms. The smallest absolute Gasteiger partial charge is 0.157 e. The normalized spacial score (nSPS) is 45.4. The number of ketones is 1. The van der Waals surface area contributed by atoms with Crippen molar-refractivity contribution in [1.82, 2.24) is 9.78 Å². The van der Waals surface area contributed by atoms with Crippen LogP contribution in [0, 0.1) is 40.9 Å². The van der Waals surface area contributed by atoms with Crippen LogP contribution in [0.15, 0.2) is 18.5 Å². The Labute approximate surface area is 180 Å². The molecule has 4 aliphatic rings. The highest BCUT2D eigenvalue weighted by Crippen LogP contribution is 2.64. The Balaban J connectivity index is 1.29. The summed E-state index contributed by atoms with van der Waals surface area (Å²) in [5.41, 5.74) is -0.437. The third-order valence-corrected chi connectivity index (χ3v) is 9.78. The summed E-state index contributed by atoms with van der Waals surface area (Å²) in [6, 6.07) is 1.90. The topological polar surface area (TPSA) is 64.3 Å². The number of hydrogen-bond donors (Lipinski definition) is 1. The zero-order valence-electron chi connectivity index (χ0n) is 18.6. The largest absolute Gasteiger partial charge is 0.387 e. The summed E-state index contributed by atoms with van der Waals surface area (Å²) in [6.45, 7) is 3.33. The predicted octanol–water partition coefficient (Wildman–Crippen LogP) is 4.10. The number of ether oxygens (including phenoxy) is 1. The summed E-state index contributed by atoms with van der Waals surface area (Å²) in [6.07, 6.45) is 13.9. The molecule has 8 atom stereocenters. The van der Waals surface area contributed by atoms with Gasteiger partial charge in [0, 0.05) is 25.4 Å². The van der Waals surface area contributed by atoms with Crippen molar-refractivity contribution >= 4 is 5.78 Å². The van der Waals surface area contributed by atoms with E-state index in [0.29, 0.717) is 30.8 Å². The number of carbonyl (C=O) groups excluding carboxylic acids is 1. The summed E-state index contributed by atoms with van der Waals surface area (Å²) >= 11 is 0. The third-order valence-electron chi connectivity index (χ3n) is 9.78. The minimum absolute atomic E-state index is 0.170. The Morgan fingerprint density at radius 3 is 2.73 bits per heavy atom. The van der Waals surface area contributed by atoms with Crippen molar-refractivity contribution in [2.24, 2.45) is 40.9 Å². The molecule has 1 aromatic heterocycles. The Morgan fingerprint density at radius 1 is 1.13 bits per heavy atom. The van der Waals surface area contributed by atoms with E-state index in [4.69, 9.17) is 4.74 Å². The molecule has 4 fully saturated rings. The molecule has 5 nitrogen and oxygen atoms in total. The number of nitrogens with zero attached hydrogens (tertiary/aromatic N) is 2. The van der Waals surface area contributed by atoms with Gasteiger partial charge in [-0.1, -0.05) is 6.92 Å². The molecule has 5 heteroatoms. The van der Waals surface area contributed by atoms with Gasteiger partial charge in [-0.25, -0.2) is 0 Å². The molecule has 4 aliphatic carbocycles. The highest BCUT2D eigenvalue weighted by Gasteiger charge is 2.58. The number of hydrogen-bond acceptors (Lipinski definition) is 4. The number of methoxy groups -OCH3 is 1. The molecule has 0 aliphatic heterocycles. The third kappa shape index (κ3) is 3.37. The van der Waals surface area contributed by atoms with Gasteiger partial charge in [0.1, 0.15) is 0 Å². The molecule has 0 bridgehead atoms. The van der Waals surface area contributed by atoms with E-state index in [1.807, 2.05) is 12.3 Å². The second-order valence-corrected chi connectivity index (χ2v) is 11.2. The van der Waals surface area contributed by atoms with E-state index in [9.17, 15) is 9.90 Å². The molecule has 0 unspecified atom stereocenters. The number of Topliss-reactive ketones (excluding diaryl/α,β-unsaturated/α-hetero) is 1. The molecule has 0 radical (unpaired) electrons. The van der Waals surface area contributed by atoms with Gasteiger partial charge in [-0.15, -0.1) is 0 Å². The first kappa shape index (κ1) is 20.7. The maximum Gasteiger partial charge on any atom is 0.157 e. The van der Waals surface area contributed by atoms with Gasteiger partial charge in [0.15, 0.2) is 5.78 Å². The molecule has 1 N–H and O–H groups in total. The van der Waals surface area contributed by atoms with Gasteiger partial charge < -0.3 is 9.84 Å². The minimum atomic E-state index is -0.608. The Bertz CT molecular complexity index is 764. The zero-order valence-corrected chi connectivity index (χ0v) is 18.6. The lowest BCUT2D eigenvalue weighted by molar-refractivity contribution is -0.136. The van der Waals surface area contributed by atoms with Crippen LogP contribution in [-0.2, 0) is 16.1 Å². The van der Waals surface area contributed by atoms with Gasteiger partial charge in [0.05, 0.1) is 18.8 Å². The summed E-state index contributed by atoms with van der Waals surface area (Å²) in [7, 11) is 1.70. The van der Waals surface area contributed by atoms with Crippen LogP contribution in [0.2, 0.25) is 0 Å². The van der Waals surface area contributed by atoms with Crippen LogP contribution in [0.4, 0.5) is 0 Å². The van der Waals surface area contributed by atoms with E-state index in [-0.39, 0.29) is 11.3 Å². The SMILES string of the molecule is COC[C@@]1(O)CC[C@H]2[C@@H](CC[C@@H]3[C@@H]2CC[C@]2(C)[C@@H](C(=O)Cn4cccn4)CC[C@@H]32)C1. The molecule has 0 amide bonds. The van der Waals surface area contributed by atoms with E-state index < -0.39 is 5.60 Å². The molecule has 1 heterocycles. The van der Waals surface area contributed by atoms with Crippen LogP contribution in [-0.4, -0.2) is 40.0 Å². The van der Waals surface area contributed by atoms with Crippen molar-refractivity contribution < 1.29 is 14.6 Å². The van der Waals surface area contributed by atoms with Crippen LogP contribution >= 0.6 is 0 Å². The first-order valence-electron chi connectivity index (χ1n) is 12.1. The molecule has 5 rings (SSSR count). The molecule has 0 saturated heterocycles. The predicted molar refractivity (Wildman–Crippen MR) is 115 cm³/mol. The summed E-state index contributed by atoms with van der Waals surface area (Å²) in [4.78, 5) is 13.2. The van der Waals surface area contributed by atoms with E-state index >= 15 is 0 Å². The number of carbonyl (C=O) groups is 1. The second kappa shape index (κ2) is 7.74. The van der Waals surface area contributed by atoms with Gasteiger partial charge in [-0.3, -0.25) is 9.48 Å². The van der Waals surface area contributed by atoms with E-state index in [2.05, 4.69) is 12.0 Å². The van der Waals surface area contributed by atoms with Crippen molar-refractivity contribution in [2.75, 3.05) is 13.7 Å². The fourth-order valence-corrected chi connectivity index (χ4v) is 8.56. The highest BCUT2D eigenvalue weighted by atomic mass is 16.5. The summed E-state index contributed by atoms with van der Waals surface area (Å²) < 4.78 is 7.11. The van der Waals surface area contributed by atoms with Crippen molar-refractivity contribution in [3.63, 3.8) is 0 Å². The second-order valence-electron chi connectivity index (χ2n) is 11.2. The van der Waals surface area contributed by atoms with Crippen LogP contribution < -0.4 is 0 Å². The van der Waals surface area contributed by atoms with E-state index in [0.717, 1.165) is 43.4 Å². The minimum Gasteiger partial charge on any atom is -0.387 e. The molecule has 166 valence electrons. The summed E-state index contributed by atoms with van der Waals surface area (Å²) in [5, 5.41) is 15.2.